The van der Waals surface area contributed by atoms with Gasteiger partial charge < -0.3 is 14.8 Å². The Balaban J connectivity index is 2.17. The largest absolute Gasteiger partial charge is 0.460 e. The minimum Gasteiger partial charge on any atom is -0.460 e. The summed E-state index contributed by atoms with van der Waals surface area (Å²) in [4.78, 5) is 34.5. The van der Waals surface area contributed by atoms with E-state index in [-0.39, 0.29) is 26.0 Å². The Hall–Kier alpha value is -2.37. The van der Waals surface area contributed by atoms with Crippen molar-refractivity contribution in [2.24, 2.45) is 0 Å². The van der Waals surface area contributed by atoms with Crippen molar-refractivity contribution >= 4 is 17.8 Å². The molecule has 1 N–H and O–H groups in total. The van der Waals surface area contributed by atoms with Crippen molar-refractivity contribution in [1.29, 1.82) is 0 Å². The van der Waals surface area contributed by atoms with Crippen molar-refractivity contribution in [2.45, 2.75) is 45.8 Å². The summed E-state index contributed by atoms with van der Waals surface area (Å²) in [6.45, 7) is 5.21. The molecule has 0 aliphatic carbocycles. The van der Waals surface area contributed by atoms with Crippen molar-refractivity contribution in [3.8, 4) is 0 Å². The molecule has 0 radical (unpaired) electrons. The van der Waals surface area contributed by atoms with E-state index in [4.69, 9.17) is 9.47 Å². The summed E-state index contributed by atoms with van der Waals surface area (Å²) in [6.07, 6.45) is -0.0525. The number of nitrogens with one attached hydrogen (secondary N) is 1. The van der Waals surface area contributed by atoms with Crippen LogP contribution in [0.5, 0.6) is 0 Å². The van der Waals surface area contributed by atoms with Gasteiger partial charge in [0.1, 0.15) is 18.8 Å². The van der Waals surface area contributed by atoms with Gasteiger partial charge in [-0.2, -0.15) is 0 Å². The van der Waals surface area contributed by atoms with Crippen LogP contribution in [0.3, 0.4) is 0 Å². The molecule has 0 unspecified atom stereocenters. The van der Waals surface area contributed by atoms with E-state index < -0.39 is 23.4 Å². The zero-order valence-corrected chi connectivity index (χ0v) is 13.8. The van der Waals surface area contributed by atoms with Crippen LogP contribution in [-0.2, 0) is 30.5 Å². The van der Waals surface area contributed by atoms with E-state index in [2.05, 4.69) is 5.32 Å². The number of hydrogen-bond acceptors (Lipinski definition) is 5. The number of esters is 2. The van der Waals surface area contributed by atoms with E-state index in [1.165, 1.54) is 0 Å². The van der Waals surface area contributed by atoms with Gasteiger partial charge in [0.25, 0.3) is 0 Å². The topological polar surface area (TPSA) is 81.7 Å². The molecule has 1 aromatic carbocycles. The zero-order chi connectivity index (χ0) is 17.3. The predicted molar refractivity (Wildman–Crippen MR) is 84.3 cm³/mol. The Kier molecular flexibility index (Phi) is 7.25. The fourth-order valence-corrected chi connectivity index (χ4v) is 1.66. The molecule has 0 spiro atoms. The van der Waals surface area contributed by atoms with Crippen LogP contribution in [0.4, 0.5) is 0 Å². The minimum atomic E-state index is -0.575. The van der Waals surface area contributed by atoms with Crippen LogP contribution >= 0.6 is 0 Å². The molecular formula is C17H23NO5. The summed E-state index contributed by atoms with van der Waals surface area (Å²) < 4.78 is 10.1. The molecule has 0 bridgehead atoms. The van der Waals surface area contributed by atoms with Gasteiger partial charge in [-0.15, -0.1) is 0 Å². The SMILES string of the molecule is CC(C)(C)OC(=O)CCC(=O)NCC(=O)OCc1ccccc1. The van der Waals surface area contributed by atoms with Gasteiger partial charge >= 0.3 is 11.9 Å². The van der Waals surface area contributed by atoms with E-state index in [9.17, 15) is 14.4 Å². The first-order chi connectivity index (χ1) is 10.8. The van der Waals surface area contributed by atoms with Crippen LogP contribution in [-0.4, -0.2) is 30.0 Å². The van der Waals surface area contributed by atoms with Crippen LogP contribution in [0.1, 0.15) is 39.2 Å². The number of ether oxygens (including phenoxy) is 2. The summed E-state index contributed by atoms with van der Waals surface area (Å²) in [5.41, 5.74) is 0.298. The van der Waals surface area contributed by atoms with Crippen LogP contribution in [0.2, 0.25) is 0 Å². The van der Waals surface area contributed by atoms with Gasteiger partial charge in [-0.25, -0.2) is 0 Å². The summed E-state index contributed by atoms with van der Waals surface area (Å²) in [5.74, 6) is -1.37. The maximum absolute atomic E-state index is 11.6. The average Bonchev–Trinajstić information content (AvgIpc) is 2.48. The van der Waals surface area contributed by atoms with Crippen LogP contribution < -0.4 is 5.32 Å². The third-order valence-corrected chi connectivity index (χ3v) is 2.65. The second kappa shape index (κ2) is 8.92. The van der Waals surface area contributed by atoms with Crippen LogP contribution in [0.25, 0.3) is 0 Å². The van der Waals surface area contributed by atoms with E-state index in [1.807, 2.05) is 30.3 Å². The van der Waals surface area contributed by atoms with Crippen molar-refractivity contribution < 1.29 is 23.9 Å². The van der Waals surface area contributed by atoms with Gasteiger partial charge in [-0.3, -0.25) is 14.4 Å². The Morgan fingerprint density at radius 3 is 2.26 bits per heavy atom. The molecule has 1 aromatic rings. The zero-order valence-electron chi connectivity index (χ0n) is 13.8. The summed E-state index contributed by atoms with van der Waals surface area (Å²) in [7, 11) is 0. The molecular weight excluding hydrogens is 298 g/mol. The standard InChI is InChI=1S/C17H23NO5/c1-17(2,3)23-15(20)10-9-14(19)18-11-16(21)22-12-13-7-5-4-6-8-13/h4-8H,9-12H2,1-3H3,(H,18,19). The summed E-state index contributed by atoms with van der Waals surface area (Å²) in [5, 5.41) is 2.42. The second-order valence-corrected chi connectivity index (χ2v) is 6.01. The molecule has 0 fully saturated rings. The molecule has 0 aliphatic rings. The maximum Gasteiger partial charge on any atom is 0.325 e. The minimum absolute atomic E-state index is 0.0256. The Bertz CT molecular complexity index is 534. The first-order valence-electron chi connectivity index (χ1n) is 7.44. The highest BCUT2D eigenvalue weighted by Crippen LogP contribution is 2.09. The highest BCUT2D eigenvalue weighted by atomic mass is 16.6. The van der Waals surface area contributed by atoms with E-state index in [0.29, 0.717) is 0 Å². The normalized spacial score (nSPS) is 10.7. The first kappa shape index (κ1) is 18.7. The summed E-state index contributed by atoms with van der Waals surface area (Å²) >= 11 is 0. The molecule has 1 rings (SSSR count). The highest BCUT2D eigenvalue weighted by Gasteiger charge is 2.17. The number of benzene rings is 1. The van der Waals surface area contributed by atoms with Gasteiger partial charge in [0.05, 0.1) is 6.42 Å². The molecule has 0 aromatic heterocycles. The van der Waals surface area contributed by atoms with Crippen molar-refractivity contribution in [3.05, 3.63) is 35.9 Å². The lowest BCUT2D eigenvalue weighted by Gasteiger charge is -2.19. The quantitative estimate of drug-likeness (QED) is 0.777. The van der Waals surface area contributed by atoms with Crippen molar-refractivity contribution in [3.63, 3.8) is 0 Å². The Morgan fingerprint density at radius 1 is 1.00 bits per heavy atom. The highest BCUT2D eigenvalue weighted by molar-refractivity contribution is 5.84. The Labute approximate surface area is 136 Å². The molecule has 0 saturated heterocycles. The third-order valence-electron chi connectivity index (χ3n) is 2.65. The number of amides is 1. The molecule has 0 heterocycles. The Morgan fingerprint density at radius 2 is 1.65 bits per heavy atom. The second-order valence-electron chi connectivity index (χ2n) is 6.01. The van der Waals surface area contributed by atoms with Gasteiger partial charge in [0.2, 0.25) is 5.91 Å². The molecule has 23 heavy (non-hydrogen) atoms. The average molecular weight is 321 g/mol. The molecule has 6 nitrogen and oxygen atoms in total. The smallest absolute Gasteiger partial charge is 0.325 e. The van der Waals surface area contributed by atoms with Gasteiger partial charge in [-0.05, 0) is 26.3 Å². The maximum atomic E-state index is 11.6. The van der Waals surface area contributed by atoms with Gasteiger partial charge in [0.15, 0.2) is 0 Å². The van der Waals surface area contributed by atoms with Crippen LogP contribution in [0, 0.1) is 0 Å². The fourth-order valence-electron chi connectivity index (χ4n) is 1.66. The third kappa shape index (κ3) is 9.29. The number of carbonyl (C=O) groups excluding carboxylic acids is 3. The fraction of sp³-hybridized carbons (Fsp3) is 0.471. The van der Waals surface area contributed by atoms with E-state index in [0.717, 1.165) is 5.56 Å². The van der Waals surface area contributed by atoms with E-state index in [1.54, 1.807) is 20.8 Å². The molecule has 0 aliphatic heterocycles. The van der Waals surface area contributed by atoms with Crippen molar-refractivity contribution in [1.82, 2.24) is 5.32 Å². The lowest BCUT2D eigenvalue weighted by Crippen LogP contribution is -2.31. The molecule has 0 atom stereocenters. The van der Waals surface area contributed by atoms with Gasteiger partial charge in [-0.1, -0.05) is 30.3 Å². The molecule has 126 valence electrons. The number of hydrogen-bond donors (Lipinski definition) is 1. The number of carbonyl (C=O) groups is 3. The lowest BCUT2D eigenvalue weighted by atomic mass is 10.2. The molecule has 6 heteroatoms. The monoisotopic (exact) mass is 321 g/mol. The lowest BCUT2D eigenvalue weighted by molar-refractivity contribution is -0.155. The number of rotatable bonds is 7. The molecule has 0 saturated carbocycles. The molecule has 1 amide bonds. The van der Waals surface area contributed by atoms with E-state index >= 15 is 0 Å². The van der Waals surface area contributed by atoms with Crippen molar-refractivity contribution in [2.75, 3.05) is 6.54 Å². The van der Waals surface area contributed by atoms with Gasteiger partial charge in [0, 0.05) is 6.42 Å². The van der Waals surface area contributed by atoms with Crippen LogP contribution in [0.15, 0.2) is 30.3 Å². The summed E-state index contributed by atoms with van der Waals surface area (Å²) in [6, 6.07) is 9.25. The predicted octanol–water partition coefficient (Wildman–Crippen LogP) is 1.97. The first-order valence-corrected chi connectivity index (χ1v) is 7.44.